The second-order valence-corrected chi connectivity index (χ2v) is 5.97. The highest BCUT2D eigenvalue weighted by Crippen LogP contribution is 2.26. The lowest BCUT2D eigenvalue weighted by Gasteiger charge is -2.35. The second kappa shape index (κ2) is 5.53. The number of rotatable bonds is 2. The van der Waals surface area contributed by atoms with Crippen LogP contribution < -0.4 is 4.90 Å². The third kappa shape index (κ3) is 2.64. The van der Waals surface area contributed by atoms with E-state index in [0.717, 1.165) is 12.5 Å². The summed E-state index contributed by atoms with van der Waals surface area (Å²) >= 11 is 0. The van der Waals surface area contributed by atoms with Gasteiger partial charge >= 0.3 is 0 Å². The standard InChI is InChI=1S/C15H26N4/c1-3-14-15(12-17(2)16-14)19-10-6-9-18-8-5-4-7-13(18)11-19/h12-13H,3-11H2,1-2H3. The van der Waals surface area contributed by atoms with Crippen molar-refractivity contribution in [2.45, 2.75) is 45.1 Å². The number of fused-ring (bicyclic) bond motifs is 1. The fraction of sp³-hybridized carbons (Fsp3) is 0.800. The van der Waals surface area contributed by atoms with Crippen molar-refractivity contribution in [3.63, 3.8) is 0 Å². The van der Waals surface area contributed by atoms with E-state index in [1.54, 1.807) is 0 Å². The molecule has 1 atom stereocenters. The number of aryl methyl sites for hydroxylation is 2. The molecule has 2 aliphatic heterocycles. The zero-order chi connectivity index (χ0) is 13.2. The van der Waals surface area contributed by atoms with Gasteiger partial charge in [-0.25, -0.2) is 0 Å². The molecule has 4 nitrogen and oxygen atoms in total. The molecule has 2 fully saturated rings. The van der Waals surface area contributed by atoms with Gasteiger partial charge in [-0.15, -0.1) is 0 Å². The summed E-state index contributed by atoms with van der Waals surface area (Å²) in [7, 11) is 2.04. The lowest BCUT2D eigenvalue weighted by Crippen LogP contribution is -2.44. The van der Waals surface area contributed by atoms with Crippen molar-refractivity contribution in [2.24, 2.45) is 7.05 Å². The lowest BCUT2D eigenvalue weighted by molar-refractivity contribution is 0.162. The molecule has 19 heavy (non-hydrogen) atoms. The van der Waals surface area contributed by atoms with Gasteiger partial charge in [-0.1, -0.05) is 13.3 Å². The minimum atomic E-state index is 0.765. The van der Waals surface area contributed by atoms with Crippen molar-refractivity contribution in [1.82, 2.24) is 14.7 Å². The molecule has 3 heterocycles. The van der Waals surface area contributed by atoms with E-state index in [0.29, 0.717) is 0 Å². The third-order valence-electron chi connectivity index (χ3n) is 4.61. The van der Waals surface area contributed by atoms with Crippen LogP contribution in [0.1, 0.15) is 38.3 Å². The lowest BCUT2D eigenvalue weighted by atomic mass is 10.0. The zero-order valence-corrected chi connectivity index (χ0v) is 12.3. The Kier molecular flexibility index (Phi) is 3.78. The fourth-order valence-electron chi connectivity index (χ4n) is 3.63. The van der Waals surface area contributed by atoms with E-state index < -0.39 is 0 Å². The van der Waals surface area contributed by atoms with Crippen LogP contribution in [0.2, 0.25) is 0 Å². The van der Waals surface area contributed by atoms with Crippen LogP contribution in [0.3, 0.4) is 0 Å². The van der Waals surface area contributed by atoms with Gasteiger partial charge in [0.2, 0.25) is 0 Å². The van der Waals surface area contributed by atoms with Gasteiger partial charge in [-0.05, 0) is 32.2 Å². The topological polar surface area (TPSA) is 24.3 Å². The molecule has 106 valence electrons. The summed E-state index contributed by atoms with van der Waals surface area (Å²) in [4.78, 5) is 5.30. The Balaban J connectivity index is 1.80. The van der Waals surface area contributed by atoms with Crippen LogP contribution in [0.4, 0.5) is 5.69 Å². The second-order valence-electron chi connectivity index (χ2n) is 5.97. The number of nitrogens with zero attached hydrogens (tertiary/aromatic N) is 4. The van der Waals surface area contributed by atoms with E-state index in [9.17, 15) is 0 Å². The van der Waals surface area contributed by atoms with Gasteiger partial charge in [0.1, 0.15) is 0 Å². The normalized spacial score (nSPS) is 25.2. The average Bonchev–Trinajstić information content (AvgIpc) is 2.68. The highest BCUT2D eigenvalue weighted by atomic mass is 15.3. The maximum atomic E-state index is 4.60. The summed E-state index contributed by atoms with van der Waals surface area (Å²) in [5.74, 6) is 0. The molecule has 2 aliphatic rings. The van der Waals surface area contributed by atoms with Gasteiger partial charge in [-0.2, -0.15) is 5.10 Å². The Bertz CT molecular complexity index is 426. The molecule has 0 amide bonds. The zero-order valence-electron chi connectivity index (χ0n) is 12.3. The van der Waals surface area contributed by atoms with Gasteiger partial charge in [0, 0.05) is 38.9 Å². The smallest absolute Gasteiger partial charge is 0.0855 e. The summed E-state index contributed by atoms with van der Waals surface area (Å²) in [6, 6.07) is 0.765. The molecule has 3 rings (SSSR count). The Hall–Kier alpha value is -1.03. The Morgan fingerprint density at radius 1 is 1.21 bits per heavy atom. The highest BCUT2D eigenvalue weighted by molar-refractivity contribution is 5.49. The van der Waals surface area contributed by atoms with Crippen LogP contribution in [-0.2, 0) is 13.5 Å². The molecule has 2 saturated heterocycles. The van der Waals surface area contributed by atoms with E-state index in [1.807, 2.05) is 11.7 Å². The van der Waals surface area contributed by atoms with E-state index in [1.165, 1.54) is 63.2 Å². The van der Waals surface area contributed by atoms with Crippen molar-refractivity contribution in [2.75, 3.05) is 31.1 Å². The maximum absolute atomic E-state index is 4.60. The first-order chi connectivity index (χ1) is 9.28. The molecular weight excluding hydrogens is 236 g/mol. The predicted octanol–water partition coefficient (Wildman–Crippen LogP) is 2.05. The van der Waals surface area contributed by atoms with Crippen molar-refractivity contribution in [3.05, 3.63) is 11.9 Å². The number of aromatic nitrogens is 2. The molecule has 0 bridgehead atoms. The number of anilines is 1. The molecule has 0 saturated carbocycles. The fourth-order valence-corrected chi connectivity index (χ4v) is 3.63. The number of hydrogen-bond donors (Lipinski definition) is 0. The quantitative estimate of drug-likeness (QED) is 0.815. The number of piperidine rings is 1. The van der Waals surface area contributed by atoms with E-state index >= 15 is 0 Å². The molecule has 1 aromatic heterocycles. The molecule has 0 radical (unpaired) electrons. The maximum Gasteiger partial charge on any atom is 0.0855 e. The first-order valence-corrected chi connectivity index (χ1v) is 7.79. The summed E-state index contributed by atoms with van der Waals surface area (Å²) in [5, 5.41) is 4.60. The molecule has 1 aromatic rings. The summed E-state index contributed by atoms with van der Waals surface area (Å²) in [5.41, 5.74) is 2.63. The van der Waals surface area contributed by atoms with Crippen LogP contribution >= 0.6 is 0 Å². The summed E-state index contributed by atoms with van der Waals surface area (Å²) in [6.45, 7) is 7.18. The minimum absolute atomic E-state index is 0.765. The SMILES string of the molecule is CCc1nn(C)cc1N1CCCN2CCCCC2C1. The van der Waals surface area contributed by atoms with Gasteiger partial charge in [0.25, 0.3) is 0 Å². The molecule has 0 spiro atoms. The van der Waals surface area contributed by atoms with Crippen molar-refractivity contribution in [3.8, 4) is 0 Å². The number of hydrogen-bond acceptors (Lipinski definition) is 3. The Morgan fingerprint density at radius 2 is 2.05 bits per heavy atom. The molecule has 0 N–H and O–H groups in total. The molecule has 1 unspecified atom stereocenters. The first kappa shape index (κ1) is 13.0. The van der Waals surface area contributed by atoms with Crippen molar-refractivity contribution in [1.29, 1.82) is 0 Å². The van der Waals surface area contributed by atoms with Crippen LogP contribution in [0.15, 0.2) is 6.20 Å². The molecule has 0 aromatic carbocycles. The first-order valence-electron chi connectivity index (χ1n) is 7.79. The van der Waals surface area contributed by atoms with Gasteiger partial charge < -0.3 is 4.90 Å². The van der Waals surface area contributed by atoms with E-state index in [-0.39, 0.29) is 0 Å². The van der Waals surface area contributed by atoms with Crippen LogP contribution in [-0.4, -0.2) is 46.9 Å². The minimum Gasteiger partial charge on any atom is -0.367 e. The summed E-state index contributed by atoms with van der Waals surface area (Å²) in [6.07, 6.45) is 8.69. The molecular formula is C15H26N4. The Labute approximate surface area is 116 Å². The molecule has 4 heteroatoms. The highest BCUT2D eigenvalue weighted by Gasteiger charge is 2.28. The predicted molar refractivity (Wildman–Crippen MR) is 78.6 cm³/mol. The van der Waals surface area contributed by atoms with Crippen LogP contribution in [0, 0.1) is 0 Å². The van der Waals surface area contributed by atoms with E-state index in [4.69, 9.17) is 0 Å². The largest absolute Gasteiger partial charge is 0.367 e. The van der Waals surface area contributed by atoms with Gasteiger partial charge in [0.05, 0.1) is 11.4 Å². The summed E-state index contributed by atoms with van der Waals surface area (Å²) < 4.78 is 1.97. The van der Waals surface area contributed by atoms with Crippen molar-refractivity contribution < 1.29 is 0 Å². The molecule has 0 aliphatic carbocycles. The van der Waals surface area contributed by atoms with E-state index in [2.05, 4.69) is 28.0 Å². The van der Waals surface area contributed by atoms with Crippen molar-refractivity contribution >= 4 is 5.69 Å². The third-order valence-corrected chi connectivity index (χ3v) is 4.61. The monoisotopic (exact) mass is 262 g/mol. The Morgan fingerprint density at radius 3 is 2.89 bits per heavy atom. The van der Waals surface area contributed by atoms with Gasteiger partial charge in [0.15, 0.2) is 0 Å². The van der Waals surface area contributed by atoms with Crippen LogP contribution in [0.5, 0.6) is 0 Å². The van der Waals surface area contributed by atoms with Gasteiger partial charge in [-0.3, -0.25) is 9.58 Å². The average molecular weight is 262 g/mol. The van der Waals surface area contributed by atoms with Crippen LogP contribution in [0.25, 0.3) is 0 Å².